The molecule has 0 aliphatic rings. The summed E-state index contributed by atoms with van der Waals surface area (Å²) in [4.78, 5) is 22.3. The highest BCUT2D eigenvalue weighted by Crippen LogP contribution is 2.31. The lowest BCUT2D eigenvalue weighted by Gasteiger charge is -2.09. The highest BCUT2D eigenvalue weighted by Gasteiger charge is 2.13. The minimum Gasteiger partial charge on any atom is -0.351 e. The first-order valence-corrected chi connectivity index (χ1v) is 8.16. The second kappa shape index (κ2) is 7.10. The number of hydrogen-bond donors (Lipinski definition) is 2. The smallest absolute Gasteiger partial charge is 0.318 e. The Labute approximate surface area is 142 Å². The molecule has 3 rings (SSSR count). The molecule has 0 atom stereocenters. The van der Waals surface area contributed by atoms with Crippen molar-refractivity contribution in [2.75, 3.05) is 5.75 Å². The summed E-state index contributed by atoms with van der Waals surface area (Å²) in [5.74, 6) is -0.433. The first-order chi connectivity index (χ1) is 11.6. The number of amides is 3. The number of thioether (sulfide) groups is 1. The normalized spacial score (nSPS) is 10.5. The van der Waals surface area contributed by atoms with Crippen LogP contribution in [-0.2, 0) is 4.79 Å². The molecule has 1 heterocycles. The zero-order valence-electron chi connectivity index (χ0n) is 12.6. The van der Waals surface area contributed by atoms with Crippen LogP contribution in [0, 0.1) is 0 Å². The number of nitrogens with zero attached hydrogens (tertiary/aromatic N) is 2. The van der Waals surface area contributed by atoms with Gasteiger partial charge in [0.15, 0.2) is 0 Å². The molecule has 0 saturated heterocycles. The van der Waals surface area contributed by atoms with Gasteiger partial charge in [0.1, 0.15) is 10.7 Å². The van der Waals surface area contributed by atoms with E-state index >= 15 is 0 Å². The number of nitrogens with one attached hydrogen (secondary N) is 1. The number of rotatable bonds is 4. The van der Waals surface area contributed by atoms with E-state index in [1.165, 1.54) is 11.8 Å². The van der Waals surface area contributed by atoms with Crippen molar-refractivity contribution in [2.24, 2.45) is 5.73 Å². The van der Waals surface area contributed by atoms with Crippen LogP contribution in [0.4, 0.5) is 4.79 Å². The van der Waals surface area contributed by atoms with Gasteiger partial charge < -0.3 is 5.73 Å². The largest absolute Gasteiger partial charge is 0.351 e. The van der Waals surface area contributed by atoms with Crippen LogP contribution in [0.5, 0.6) is 0 Å². The average Bonchev–Trinajstić information content (AvgIpc) is 2.60. The van der Waals surface area contributed by atoms with E-state index in [4.69, 9.17) is 5.73 Å². The molecule has 2 aromatic carbocycles. The molecule has 0 saturated carbocycles. The third kappa shape index (κ3) is 3.52. The summed E-state index contributed by atoms with van der Waals surface area (Å²) in [5.41, 5.74) is 6.69. The van der Waals surface area contributed by atoms with Crippen molar-refractivity contribution in [3.05, 3.63) is 54.6 Å². The number of fused-ring (bicyclic) bond motifs is 1. The molecule has 0 fully saturated rings. The molecule has 1 aromatic heterocycles. The number of nitrogens with two attached hydrogens (primary N) is 1. The topological polar surface area (TPSA) is 98.0 Å². The Hall–Kier alpha value is -2.93. The Balaban J connectivity index is 1.94. The molecular weight excluding hydrogens is 324 g/mol. The van der Waals surface area contributed by atoms with Crippen molar-refractivity contribution in [3.8, 4) is 11.3 Å². The molecular formula is C17H14N4O2S. The molecule has 0 bridgehead atoms. The Kier molecular flexibility index (Phi) is 4.72. The number of imide groups is 1. The summed E-state index contributed by atoms with van der Waals surface area (Å²) >= 11 is 1.21. The van der Waals surface area contributed by atoms with E-state index in [1.807, 2.05) is 59.9 Å². The van der Waals surface area contributed by atoms with Gasteiger partial charge in [-0.05, 0) is 0 Å². The quantitative estimate of drug-likeness (QED) is 0.713. The zero-order valence-corrected chi connectivity index (χ0v) is 13.4. The fourth-order valence-electron chi connectivity index (χ4n) is 2.30. The maximum Gasteiger partial charge on any atom is 0.318 e. The maximum absolute atomic E-state index is 11.6. The second-order valence-corrected chi connectivity index (χ2v) is 5.93. The van der Waals surface area contributed by atoms with Crippen molar-refractivity contribution in [2.45, 2.75) is 5.03 Å². The van der Waals surface area contributed by atoms with Gasteiger partial charge in [0.2, 0.25) is 5.91 Å². The van der Waals surface area contributed by atoms with Crippen LogP contribution >= 0.6 is 11.8 Å². The van der Waals surface area contributed by atoms with Crippen molar-refractivity contribution in [1.82, 2.24) is 15.5 Å². The van der Waals surface area contributed by atoms with Crippen molar-refractivity contribution >= 4 is 34.5 Å². The predicted octanol–water partition coefficient (Wildman–Crippen LogP) is 2.58. The number of carbonyl (C=O) groups is 2. The lowest BCUT2D eigenvalue weighted by atomic mass is 10.1. The van der Waals surface area contributed by atoms with Gasteiger partial charge >= 0.3 is 6.03 Å². The third-order valence-electron chi connectivity index (χ3n) is 3.30. The Bertz CT molecular complexity index is 899. The Morgan fingerprint density at radius 1 is 0.958 bits per heavy atom. The molecule has 0 radical (unpaired) electrons. The molecule has 3 amide bonds. The van der Waals surface area contributed by atoms with E-state index in [9.17, 15) is 9.59 Å². The molecule has 0 unspecified atom stereocenters. The second-order valence-electron chi connectivity index (χ2n) is 4.97. The monoisotopic (exact) mass is 338 g/mol. The molecule has 3 aromatic rings. The van der Waals surface area contributed by atoms with Crippen LogP contribution in [0.15, 0.2) is 59.6 Å². The van der Waals surface area contributed by atoms with E-state index < -0.39 is 11.9 Å². The summed E-state index contributed by atoms with van der Waals surface area (Å²) in [6, 6.07) is 16.7. The van der Waals surface area contributed by atoms with E-state index in [-0.39, 0.29) is 5.75 Å². The van der Waals surface area contributed by atoms with E-state index in [0.29, 0.717) is 5.03 Å². The van der Waals surface area contributed by atoms with Crippen molar-refractivity contribution in [3.63, 3.8) is 0 Å². The van der Waals surface area contributed by atoms with Crippen LogP contribution in [0.1, 0.15) is 0 Å². The summed E-state index contributed by atoms with van der Waals surface area (Å²) in [6.07, 6.45) is 0. The molecule has 0 aliphatic carbocycles. The molecule has 0 spiro atoms. The Morgan fingerprint density at radius 3 is 2.33 bits per heavy atom. The fourth-order valence-corrected chi connectivity index (χ4v) is 3.07. The molecule has 3 N–H and O–H groups in total. The van der Waals surface area contributed by atoms with Gasteiger partial charge in [-0.3, -0.25) is 10.1 Å². The minimum absolute atomic E-state index is 0.0340. The molecule has 7 heteroatoms. The van der Waals surface area contributed by atoms with Gasteiger partial charge in [-0.2, -0.15) is 0 Å². The van der Waals surface area contributed by atoms with Crippen molar-refractivity contribution < 1.29 is 9.59 Å². The van der Waals surface area contributed by atoms with Crippen LogP contribution < -0.4 is 11.1 Å². The van der Waals surface area contributed by atoms with E-state index in [2.05, 4.69) is 10.2 Å². The number of urea groups is 1. The molecule has 120 valence electrons. The highest BCUT2D eigenvalue weighted by atomic mass is 32.2. The van der Waals surface area contributed by atoms with Gasteiger partial charge in [0.25, 0.3) is 0 Å². The van der Waals surface area contributed by atoms with E-state index in [0.717, 1.165) is 22.0 Å². The van der Waals surface area contributed by atoms with Gasteiger partial charge in [0, 0.05) is 16.3 Å². The number of carbonyl (C=O) groups excluding carboxylic acids is 2. The SMILES string of the molecule is NC(=O)NC(=O)CSc1nnc(-c2ccccc2)c2ccccc12. The van der Waals surface area contributed by atoms with Gasteiger partial charge in [-0.15, -0.1) is 10.2 Å². The van der Waals surface area contributed by atoms with Gasteiger partial charge in [-0.25, -0.2) is 4.79 Å². The lowest BCUT2D eigenvalue weighted by Crippen LogP contribution is -2.36. The van der Waals surface area contributed by atoms with Crippen LogP contribution in [0.25, 0.3) is 22.0 Å². The van der Waals surface area contributed by atoms with E-state index in [1.54, 1.807) is 0 Å². The molecule has 24 heavy (non-hydrogen) atoms. The zero-order chi connectivity index (χ0) is 16.9. The van der Waals surface area contributed by atoms with Crippen LogP contribution in [0.2, 0.25) is 0 Å². The number of primary amides is 1. The maximum atomic E-state index is 11.6. The predicted molar refractivity (Wildman–Crippen MR) is 93.4 cm³/mol. The third-order valence-corrected chi connectivity index (χ3v) is 4.28. The number of hydrogen-bond acceptors (Lipinski definition) is 5. The standard InChI is InChI=1S/C17H14N4O2S/c18-17(23)19-14(22)10-24-16-13-9-5-4-8-12(13)15(20-21-16)11-6-2-1-3-7-11/h1-9H,10H2,(H3,18,19,22,23). The van der Waals surface area contributed by atoms with Crippen molar-refractivity contribution in [1.29, 1.82) is 0 Å². The summed E-state index contributed by atoms with van der Waals surface area (Å²) in [7, 11) is 0. The summed E-state index contributed by atoms with van der Waals surface area (Å²) in [6.45, 7) is 0. The molecule has 0 aliphatic heterocycles. The van der Waals surface area contributed by atoms with Gasteiger partial charge in [0.05, 0.1) is 5.75 Å². The Morgan fingerprint density at radius 2 is 1.62 bits per heavy atom. The lowest BCUT2D eigenvalue weighted by molar-refractivity contribution is -0.117. The number of aromatic nitrogens is 2. The summed E-state index contributed by atoms with van der Waals surface area (Å²) < 4.78 is 0. The average molecular weight is 338 g/mol. The molecule has 6 nitrogen and oxygen atoms in total. The minimum atomic E-state index is -0.865. The number of benzene rings is 2. The first kappa shape index (κ1) is 15.9. The fraction of sp³-hybridized carbons (Fsp3) is 0.0588. The van der Waals surface area contributed by atoms with Crippen LogP contribution in [-0.4, -0.2) is 27.9 Å². The highest BCUT2D eigenvalue weighted by molar-refractivity contribution is 8.00. The van der Waals surface area contributed by atoms with Gasteiger partial charge in [-0.1, -0.05) is 66.4 Å². The summed E-state index contributed by atoms with van der Waals surface area (Å²) in [5, 5.41) is 13.1. The first-order valence-electron chi connectivity index (χ1n) is 7.18. The van der Waals surface area contributed by atoms with Crippen LogP contribution in [0.3, 0.4) is 0 Å².